The Morgan fingerprint density at radius 1 is 1.10 bits per heavy atom. The molecule has 2 amide bonds. The number of alkyl halides is 1. The molecule has 4 N–H and O–H groups in total. The molecule has 2 aliphatic rings. The lowest BCUT2D eigenvalue weighted by atomic mass is 9.77. The van der Waals surface area contributed by atoms with E-state index in [2.05, 4.69) is 10.6 Å². The molecule has 1 aliphatic heterocycles. The molecule has 0 atom stereocenters. The highest BCUT2D eigenvalue weighted by Crippen LogP contribution is 2.34. The standard InChI is InChI=1S/C21H30Cl2N4O2/c22-13-19(28)25-14-15-7-11-27(12-8-15)20(29)21(9-5-17(24)6-10-21)26-18-3-1-16(23)2-4-18/h1-4,15,17,26H,5-14,24H2,(H,25,28). The first-order valence-electron chi connectivity index (χ1n) is 10.3. The summed E-state index contributed by atoms with van der Waals surface area (Å²) in [5.74, 6) is 0.377. The number of nitrogens with two attached hydrogens (primary N) is 1. The van der Waals surface area contributed by atoms with E-state index in [0.29, 0.717) is 30.6 Å². The van der Waals surface area contributed by atoms with Gasteiger partial charge in [-0.25, -0.2) is 0 Å². The number of carbonyl (C=O) groups excluding carboxylic acids is 2. The number of hydrogen-bond donors (Lipinski definition) is 3. The molecule has 1 saturated carbocycles. The third-order valence-electron chi connectivity index (χ3n) is 6.13. The van der Waals surface area contributed by atoms with Gasteiger partial charge in [-0.05, 0) is 68.7 Å². The summed E-state index contributed by atoms with van der Waals surface area (Å²) in [4.78, 5) is 26.9. The van der Waals surface area contributed by atoms with Gasteiger partial charge in [0.15, 0.2) is 0 Å². The quantitative estimate of drug-likeness (QED) is 0.593. The van der Waals surface area contributed by atoms with Gasteiger partial charge in [-0.1, -0.05) is 11.6 Å². The molecule has 3 rings (SSSR count). The zero-order chi connectivity index (χ0) is 20.9. The van der Waals surface area contributed by atoms with Gasteiger partial charge >= 0.3 is 0 Å². The van der Waals surface area contributed by atoms with Crippen LogP contribution in [0.25, 0.3) is 0 Å². The largest absolute Gasteiger partial charge is 0.371 e. The molecule has 6 nitrogen and oxygen atoms in total. The zero-order valence-electron chi connectivity index (χ0n) is 16.6. The zero-order valence-corrected chi connectivity index (χ0v) is 18.1. The number of anilines is 1. The number of rotatable bonds is 6. The van der Waals surface area contributed by atoms with Crippen LogP contribution in [0.5, 0.6) is 0 Å². The number of nitrogens with zero attached hydrogens (tertiary/aromatic N) is 1. The van der Waals surface area contributed by atoms with E-state index >= 15 is 0 Å². The number of hydrogen-bond acceptors (Lipinski definition) is 4. The van der Waals surface area contributed by atoms with Gasteiger partial charge in [-0.2, -0.15) is 0 Å². The van der Waals surface area contributed by atoms with Crippen molar-refractivity contribution >= 4 is 40.7 Å². The molecular formula is C21H30Cl2N4O2. The van der Waals surface area contributed by atoms with Gasteiger partial charge in [0.05, 0.1) is 0 Å². The highest BCUT2D eigenvalue weighted by molar-refractivity contribution is 6.30. The number of nitrogens with one attached hydrogen (secondary N) is 2. The average molecular weight is 441 g/mol. The Labute approximate surface area is 182 Å². The molecule has 1 aromatic rings. The second kappa shape index (κ2) is 10.0. The molecule has 0 radical (unpaired) electrons. The van der Waals surface area contributed by atoms with E-state index in [-0.39, 0.29) is 23.7 Å². The predicted octanol–water partition coefficient (Wildman–Crippen LogP) is 2.99. The summed E-state index contributed by atoms with van der Waals surface area (Å²) < 4.78 is 0. The van der Waals surface area contributed by atoms with Gasteiger partial charge in [0.25, 0.3) is 0 Å². The van der Waals surface area contributed by atoms with Gasteiger partial charge in [0.1, 0.15) is 11.4 Å². The maximum Gasteiger partial charge on any atom is 0.248 e. The first-order chi connectivity index (χ1) is 13.9. The first-order valence-corrected chi connectivity index (χ1v) is 11.2. The van der Waals surface area contributed by atoms with Gasteiger partial charge < -0.3 is 21.3 Å². The Balaban J connectivity index is 1.64. The summed E-state index contributed by atoms with van der Waals surface area (Å²) in [6.07, 6.45) is 4.86. The summed E-state index contributed by atoms with van der Waals surface area (Å²) in [6.45, 7) is 2.03. The molecule has 1 aromatic carbocycles. The van der Waals surface area contributed by atoms with E-state index in [9.17, 15) is 9.59 Å². The van der Waals surface area contributed by atoms with Crippen LogP contribution in [0, 0.1) is 5.92 Å². The normalized spacial score (nSPS) is 25.5. The molecule has 0 unspecified atom stereocenters. The number of piperidine rings is 1. The van der Waals surface area contributed by atoms with Crippen LogP contribution >= 0.6 is 23.2 Å². The van der Waals surface area contributed by atoms with Gasteiger partial charge in [-0.3, -0.25) is 9.59 Å². The lowest BCUT2D eigenvalue weighted by molar-refractivity contribution is -0.138. The first kappa shape index (κ1) is 22.2. The highest BCUT2D eigenvalue weighted by Gasteiger charge is 2.44. The van der Waals surface area contributed by atoms with E-state index in [1.807, 2.05) is 29.2 Å². The molecule has 0 bridgehead atoms. The summed E-state index contributed by atoms with van der Waals surface area (Å²) in [6, 6.07) is 7.64. The van der Waals surface area contributed by atoms with Crippen molar-refractivity contribution in [2.75, 3.05) is 30.8 Å². The van der Waals surface area contributed by atoms with Gasteiger partial charge in [0, 0.05) is 36.4 Å². The van der Waals surface area contributed by atoms with Crippen LogP contribution in [-0.2, 0) is 9.59 Å². The third kappa shape index (κ3) is 5.77. The minimum atomic E-state index is -0.622. The van der Waals surface area contributed by atoms with Crippen LogP contribution < -0.4 is 16.4 Å². The monoisotopic (exact) mass is 440 g/mol. The van der Waals surface area contributed by atoms with Crippen molar-refractivity contribution in [3.8, 4) is 0 Å². The van der Waals surface area contributed by atoms with Crippen molar-refractivity contribution < 1.29 is 9.59 Å². The van der Waals surface area contributed by atoms with Gasteiger partial charge in [0.2, 0.25) is 11.8 Å². The van der Waals surface area contributed by atoms with E-state index in [0.717, 1.165) is 44.2 Å². The van der Waals surface area contributed by atoms with Crippen LogP contribution in [0.2, 0.25) is 5.02 Å². The van der Waals surface area contributed by atoms with E-state index in [1.54, 1.807) is 0 Å². The lowest BCUT2D eigenvalue weighted by Crippen LogP contribution is -2.58. The second-order valence-electron chi connectivity index (χ2n) is 8.22. The maximum atomic E-state index is 13.6. The molecule has 1 heterocycles. The van der Waals surface area contributed by atoms with Crippen molar-refractivity contribution in [2.24, 2.45) is 11.7 Å². The van der Waals surface area contributed by atoms with Crippen LogP contribution in [0.1, 0.15) is 38.5 Å². The van der Waals surface area contributed by atoms with Gasteiger partial charge in [-0.15, -0.1) is 11.6 Å². The molecule has 29 heavy (non-hydrogen) atoms. The van der Waals surface area contributed by atoms with E-state index in [4.69, 9.17) is 28.9 Å². The molecular weight excluding hydrogens is 411 g/mol. The maximum absolute atomic E-state index is 13.6. The highest BCUT2D eigenvalue weighted by atomic mass is 35.5. The molecule has 160 valence electrons. The Hall–Kier alpha value is -1.50. The number of likely N-dealkylation sites (tertiary alicyclic amines) is 1. The number of benzene rings is 1. The molecule has 0 spiro atoms. The van der Waals surface area contributed by atoms with Crippen molar-refractivity contribution in [2.45, 2.75) is 50.1 Å². The predicted molar refractivity (Wildman–Crippen MR) is 117 cm³/mol. The Bertz CT molecular complexity index is 697. The van der Waals surface area contributed by atoms with Crippen molar-refractivity contribution in [3.63, 3.8) is 0 Å². The number of halogens is 2. The van der Waals surface area contributed by atoms with Crippen LogP contribution in [0.4, 0.5) is 5.69 Å². The number of carbonyl (C=O) groups is 2. The smallest absolute Gasteiger partial charge is 0.248 e. The topological polar surface area (TPSA) is 87.5 Å². The minimum Gasteiger partial charge on any atom is -0.371 e. The molecule has 8 heteroatoms. The van der Waals surface area contributed by atoms with Crippen LogP contribution in [0.15, 0.2) is 24.3 Å². The van der Waals surface area contributed by atoms with Crippen molar-refractivity contribution in [3.05, 3.63) is 29.3 Å². The average Bonchev–Trinajstić information content (AvgIpc) is 2.75. The Morgan fingerprint density at radius 3 is 2.31 bits per heavy atom. The van der Waals surface area contributed by atoms with Crippen molar-refractivity contribution in [1.82, 2.24) is 10.2 Å². The summed E-state index contributed by atoms with van der Waals surface area (Å²) in [7, 11) is 0. The minimum absolute atomic E-state index is 0.0155. The molecule has 0 aromatic heterocycles. The third-order valence-corrected chi connectivity index (χ3v) is 6.63. The Kier molecular flexibility index (Phi) is 7.66. The van der Waals surface area contributed by atoms with E-state index in [1.165, 1.54) is 0 Å². The molecule has 2 fully saturated rings. The summed E-state index contributed by atoms with van der Waals surface area (Å²) in [5, 5.41) is 7.04. The summed E-state index contributed by atoms with van der Waals surface area (Å²) >= 11 is 11.5. The number of amides is 2. The van der Waals surface area contributed by atoms with E-state index < -0.39 is 5.54 Å². The van der Waals surface area contributed by atoms with Crippen LogP contribution in [-0.4, -0.2) is 53.8 Å². The van der Waals surface area contributed by atoms with Crippen LogP contribution in [0.3, 0.4) is 0 Å². The molecule has 1 aliphatic carbocycles. The molecule has 1 saturated heterocycles. The van der Waals surface area contributed by atoms with Crippen molar-refractivity contribution in [1.29, 1.82) is 0 Å². The SMILES string of the molecule is NC1CCC(Nc2ccc(Cl)cc2)(C(=O)N2CCC(CNC(=O)CCl)CC2)CC1. The Morgan fingerprint density at radius 2 is 1.72 bits per heavy atom. The fourth-order valence-electron chi connectivity index (χ4n) is 4.28. The second-order valence-corrected chi connectivity index (χ2v) is 8.93. The summed E-state index contributed by atoms with van der Waals surface area (Å²) in [5.41, 5.74) is 6.40. The lowest BCUT2D eigenvalue weighted by Gasteiger charge is -2.44. The fourth-order valence-corrected chi connectivity index (χ4v) is 4.50. The fraction of sp³-hybridized carbons (Fsp3) is 0.619.